The minimum atomic E-state index is -1.29. The zero-order chi connectivity index (χ0) is 29.7. The summed E-state index contributed by atoms with van der Waals surface area (Å²) < 4.78 is 12.5. The fourth-order valence-corrected chi connectivity index (χ4v) is 6.24. The van der Waals surface area contributed by atoms with Gasteiger partial charge in [-0.15, -0.1) is 18.9 Å². The molecular weight excluding hydrogens is 524 g/mol. The summed E-state index contributed by atoms with van der Waals surface area (Å²) in [5.74, 6) is 1.41. The zero-order valence-corrected chi connectivity index (χ0v) is 25.1. The number of carbonyl (C=O) groups excluding carboxylic acids is 2. The van der Waals surface area contributed by atoms with Gasteiger partial charge in [0.25, 0.3) is 0 Å². The van der Waals surface area contributed by atoms with Crippen LogP contribution < -0.4 is 10.6 Å². The Bertz CT molecular complexity index is 1010. The minimum absolute atomic E-state index is 0.0422. The highest BCUT2D eigenvalue weighted by molar-refractivity contribution is 7.86. The summed E-state index contributed by atoms with van der Waals surface area (Å²) in [6, 6.07) is 7.77. The SMILES string of the molecule is C#CC[C@H](NC(=O)[C@H](Cc1ccccc1)CS(=O)C(C)(C)C)C(=O)N[C@@H](CC1CCCCC1)[C@@H](O)[C@@H](O)CC=C. The lowest BCUT2D eigenvalue weighted by atomic mass is 9.82. The Hall–Kier alpha value is -2.47. The van der Waals surface area contributed by atoms with Gasteiger partial charge in [0.05, 0.1) is 18.1 Å². The van der Waals surface area contributed by atoms with Crippen molar-refractivity contribution in [2.24, 2.45) is 11.8 Å². The first kappa shape index (κ1) is 33.7. The van der Waals surface area contributed by atoms with Crippen LogP contribution in [0.2, 0.25) is 0 Å². The van der Waals surface area contributed by atoms with Crippen LogP contribution in [-0.2, 0) is 26.8 Å². The Morgan fingerprint density at radius 1 is 1.12 bits per heavy atom. The van der Waals surface area contributed by atoms with Crippen LogP contribution in [0.25, 0.3) is 0 Å². The maximum Gasteiger partial charge on any atom is 0.243 e. The summed E-state index contributed by atoms with van der Waals surface area (Å²) in [4.78, 5) is 27.0. The molecule has 0 aromatic heterocycles. The van der Waals surface area contributed by atoms with Gasteiger partial charge in [0, 0.05) is 27.7 Å². The van der Waals surface area contributed by atoms with Crippen LogP contribution in [0.4, 0.5) is 0 Å². The Balaban J connectivity index is 2.21. The monoisotopic (exact) mass is 572 g/mol. The molecule has 1 unspecified atom stereocenters. The first-order chi connectivity index (χ1) is 19.0. The van der Waals surface area contributed by atoms with Crippen molar-refractivity contribution in [3.05, 3.63) is 48.6 Å². The maximum absolute atomic E-state index is 13.5. The summed E-state index contributed by atoms with van der Waals surface area (Å²) in [5, 5.41) is 27.1. The van der Waals surface area contributed by atoms with Crippen LogP contribution in [-0.4, -0.2) is 61.0 Å². The summed E-state index contributed by atoms with van der Waals surface area (Å²) in [7, 11) is -1.29. The van der Waals surface area contributed by atoms with E-state index < -0.39 is 57.6 Å². The molecule has 222 valence electrons. The highest BCUT2D eigenvalue weighted by Gasteiger charge is 2.34. The molecule has 1 aliphatic carbocycles. The first-order valence-corrected chi connectivity index (χ1v) is 15.7. The maximum atomic E-state index is 13.5. The molecule has 1 aromatic carbocycles. The van der Waals surface area contributed by atoms with Gasteiger partial charge in [0.1, 0.15) is 12.1 Å². The van der Waals surface area contributed by atoms with Gasteiger partial charge >= 0.3 is 0 Å². The van der Waals surface area contributed by atoms with Gasteiger partial charge in [0.2, 0.25) is 11.8 Å². The third kappa shape index (κ3) is 11.2. The van der Waals surface area contributed by atoms with Crippen molar-refractivity contribution >= 4 is 22.6 Å². The van der Waals surface area contributed by atoms with Crippen LogP contribution >= 0.6 is 0 Å². The van der Waals surface area contributed by atoms with Crippen molar-refractivity contribution in [2.45, 2.75) is 108 Å². The number of benzene rings is 1. The Kier molecular flexibility index (Phi) is 14.1. The molecule has 0 aliphatic heterocycles. The lowest BCUT2D eigenvalue weighted by Crippen LogP contribution is -2.56. The van der Waals surface area contributed by atoms with Crippen molar-refractivity contribution < 1.29 is 24.0 Å². The standard InChI is InChI=1S/C32H48N2O5S/c1-6-14-26(31(38)34-27(29(36)28(35)15-7-2)21-24-18-12-9-13-19-24)33-30(37)25(22-40(39)32(3,4)5)20-23-16-10-8-11-17-23/h1,7-8,10-11,16-17,24-29,35-36H,2,9,12-15,18-22H2,3-5H3,(H,33,37)(H,34,38)/t25-,26+,27+,28+,29-,40?/m1/s1. The van der Waals surface area contributed by atoms with Gasteiger partial charge < -0.3 is 20.8 Å². The molecular formula is C32H48N2O5S. The van der Waals surface area contributed by atoms with Gasteiger partial charge in [-0.2, -0.15) is 0 Å². The van der Waals surface area contributed by atoms with Crippen molar-refractivity contribution in [3.63, 3.8) is 0 Å². The highest BCUT2D eigenvalue weighted by Crippen LogP contribution is 2.29. The molecule has 1 saturated carbocycles. The van der Waals surface area contributed by atoms with E-state index in [0.717, 1.165) is 31.2 Å². The molecule has 1 fully saturated rings. The molecule has 2 rings (SSSR count). The predicted octanol–water partition coefficient (Wildman–Crippen LogP) is 3.65. The first-order valence-electron chi connectivity index (χ1n) is 14.4. The number of amides is 2. The van der Waals surface area contributed by atoms with Crippen LogP contribution in [0.1, 0.15) is 77.7 Å². The summed E-state index contributed by atoms with van der Waals surface area (Å²) in [5.41, 5.74) is 0.929. The number of carbonyl (C=O) groups is 2. The van der Waals surface area contributed by atoms with Crippen LogP contribution in [0, 0.1) is 24.2 Å². The van der Waals surface area contributed by atoms with E-state index in [1.54, 1.807) is 0 Å². The highest BCUT2D eigenvalue weighted by atomic mass is 32.2. The van der Waals surface area contributed by atoms with Gasteiger partial charge in [0.15, 0.2) is 0 Å². The lowest BCUT2D eigenvalue weighted by Gasteiger charge is -2.33. The second-order valence-electron chi connectivity index (χ2n) is 11.9. The van der Waals surface area contributed by atoms with E-state index in [9.17, 15) is 24.0 Å². The zero-order valence-electron chi connectivity index (χ0n) is 24.3. The van der Waals surface area contributed by atoms with Crippen LogP contribution in [0.15, 0.2) is 43.0 Å². The van der Waals surface area contributed by atoms with Crippen LogP contribution in [0.5, 0.6) is 0 Å². The van der Waals surface area contributed by atoms with E-state index in [4.69, 9.17) is 6.42 Å². The van der Waals surface area contributed by atoms with Crippen molar-refractivity contribution in [3.8, 4) is 12.3 Å². The number of rotatable bonds is 15. The average Bonchev–Trinajstić information content (AvgIpc) is 2.92. The van der Waals surface area contributed by atoms with Gasteiger partial charge in [-0.3, -0.25) is 13.8 Å². The third-order valence-corrected chi connectivity index (χ3v) is 9.61. The fraction of sp³-hybridized carbons (Fsp3) is 0.625. The predicted molar refractivity (Wildman–Crippen MR) is 162 cm³/mol. The molecule has 4 N–H and O–H groups in total. The molecule has 0 spiro atoms. The van der Waals surface area contributed by atoms with E-state index in [1.807, 2.05) is 51.1 Å². The molecule has 0 heterocycles. The summed E-state index contributed by atoms with van der Waals surface area (Å²) in [6.07, 6.45) is 11.3. The quantitative estimate of drug-likeness (QED) is 0.189. The molecule has 0 radical (unpaired) electrons. The van der Waals surface area contributed by atoms with E-state index in [0.29, 0.717) is 18.8 Å². The van der Waals surface area contributed by atoms with E-state index in [1.165, 1.54) is 12.5 Å². The van der Waals surface area contributed by atoms with Crippen molar-refractivity contribution in [1.82, 2.24) is 10.6 Å². The molecule has 0 saturated heterocycles. The topological polar surface area (TPSA) is 116 Å². The van der Waals surface area contributed by atoms with Crippen molar-refractivity contribution in [2.75, 3.05) is 5.75 Å². The largest absolute Gasteiger partial charge is 0.390 e. The molecule has 7 nitrogen and oxygen atoms in total. The number of terminal acetylenes is 1. The number of hydrogen-bond acceptors (Lipinski definition) is 5. The van der Waals surface area contributed by atoms with E-state index in [-0.39, 0.29) is 18.6 Å². The fourth-order valence-electron chi connectivity index (χ4n) is 5.10. The normalized spacial score (nSPS) is 18.8. The Morgan fingerprint density at radius 3 is 2.35 bits per heavy atom. The Labute approximate surface area is 243 Å². The Morgan fingerprint density at radius 2 is 1.77 bits per heavy atom. The average molecular weight is 573 g/mol. The molecule has 1 aliphatic rings. The second-order valence-corrected chi connectivity index (χ2v) is 14.2. The summed E-state index contributed by atoms with van der Waals surface area (Å²) in [6.45, 7) is 9.24. The molecule has 40 heavy (non-hydrogen) atoms. The molecule has 8 heteroatoms. The van der Waals surface area contributed by atoms with Gasteiger partial charge in [-0.1, -0.05) is 68.5 Å². The number of nitrogens with one attached hydrogen (secondary N) is 2. The third-order valence-electron chi connectivity index (χ3n) is 7.54. The van der Waals surface area contributed by atoms with Gasteiger partial charge in [-0.05, 0) is 51.5 Å². The van der Waals surface area contributed by atoms with Crippen molar-refractivity contribution in [1.29, 1.82) is 0 Å². The van der Waals surface area contributed by atoms with Gasteiger partial charge in [-0.25, -0.2) is 0 Å². The van der Waals surface area contributed by atoms with Crippen LogP contribution in [0.3, 0.4) is 0 Å². The number of aliphatic hydroxyl groups is 2. The molecule has 0 bridgehead atoms. The number of aliphatic hydroxyl groups excluding tert-OH is 2. The molecule has 6 atom stereocenters. The molecule has 2 amide bonds. The summed E-state index contributed by atoms with van der Waals surface area (Å²) >= 11 is 0. The number of hydrogen-bond donors (Lipinski definition) is 4. The second kappa shape index (κ2) is 16.7. The minimum Gasteiger partial charge on any atom is -0.390 e. The molecule has 1 aromatic rings. The van der Waals surface area contributed by atoms with E-state index >= 15 is 0 Å². The smallest absolute Gasteiger partial charge is 0.243 e. The lowest BCUT2D eigenvalue weighted by molar-refractivity contribution is -0.132. The van der Waals surface area contributed by atoms with E-state index in [2.05, 4.69) is 23.1 Å².